The van der Waals surface area contributed by atoms with Crippen LogP contribution in [0.2, 0.25) is 0 Å². The highest BCUT2D eigenvalue weighted by atomic mass is 35.5. The minimum atomic E-state index is -4.41. The zero-order valence-electron chi connectivity index (χ0n) is 39.4. The molecule has 9 nitrogen and oxygen atoms in total. The maximum Gasteiger partial charge on any atom is 0.425 e. The van der Waals surface area contributed by atoms with E-state index in [1.165, 1.54) is 115 Å². The monoisotopic (exact) mass is 993 g/mol. The number of nitrogens with one attached hydrogen (secondary N) is 1. The van der Waals surface area contributed by atoms with E-state index in [9.17, 15) is 13.0 Å². The number of rotatable bonds is 7. The number of hydrogen-bond acceptors (Lipinski definition) is 9. The molecular formula is C52H66ClN2O7S4+. The molecular weight excluding hydrogens is 928 g/mol. The Bertz CT molecular complexity index is 2120. The van der Waals surface area contributed by atoms with E-state index in [0.717, 1.165) is 7.11 Å². The molecule has 8 rings (SSSR count). The molecule has 0 spiro atoms. The van der Waals surface area contributed by atoms with Crippen LogP contribution in [0.1, 0.15) is 59.1 Å². The van der Waals surface area contributed by atoms with Gasteiger partial charge in [0.1, 0.15) is 0 Å². The summed E-state index contributed by atoms with van der Waals surface area (Å²) >= 11 is 0. The predicted octanol–water partition coefficient (Wildman–Crippen LogP) is 11.0. The molecule has 0 atom stereocenters. The molecule has 14 heteroatoms. The fraction of sp³-hybridized carbons (Fsp3) is 0.308. The Hall–Kier alpha value is -4.28. The molecule has 2 aliphatic rings. The number of hydrogen-bond donors (Lipinski definition) is 1. The third kappa shape index (κ3) is 23.0. The molecule has 0 amide bonds. The Morgan fingerprint density at radius 2 is 0.652 bits per heavy atom. The zero-order valence-corrected chi connectivity index (χ0v) is 43.4. The smallest absolute Gasteiger partial charge is 0.425 e. The number of aryl methyl sites for hydroxylation is 6. The van der Waals surface area contributed by atoms with E-state index < -0.39 is 21.0 Å². The summed E-state index contributed by atoms with van der Waals surface area (Å²) < 4.78 is 56.4. The van der Waals surface area contributed by atoms with E-state index in [-0.39, 0.29) is 34.2 Å². The topological polar surface area (TPSA) is 133 Å². The molecule has 2 fully saturated rings. The quantitative estimate of drug-likeness (QED) is 0.0943. The first-order valence-corrected chi connectivity index (χ1v) is 26.3. The van der Waals surface area contributed by atoms with Crippen molar-refractivity contribution in [1.29, 1.82) is 0 Å². The molecule has 6 aromatic carbocycles. The van der Waals surface area contributed by atoms with Crippen LogP contribution >= 0.6 is 12.4 Å². The number of nitrogens with zero attached hydrogens (tertiary/aromatic N) is 1. The molecule has 0 aliphatic carbocycles. The molecule has 0 saturated carbocycles. The molecule has 6 aromatic rings. The molecule has 0 bridgehead atoms. The normalized spacial score (nSPS) is 12.8. The summed E-state index contributed by atoms with van der Waals surface area (Å²) in [5.74, 6) is 0. The minimum Gasteiger partial charge on any atom is -0.726 e. The van der Waals surface area contributed by atoms with Gasteiger partial charge >= 0.3 is 10.6 Å². The van der Waals surface area contributed by atoms with Gasteiger partial charge in [-0.1, -0.05) is 106 Å². The van der Waals surface area contributed by atoms with Gasteiger partial charge in [0.25, 0.3) is 0 Å². The maximum absolute atomic E-state index is 9.22. The van der Waals surface area contributed by atoms with Crippen molar-refractivity contribution in [3.8, 4) is 0 Å². The van der Waals surface area contributed by atoms with Crippen molar-refractivity contribution < 1.29 is 29.8 Å². The maximum atomic E-state index is 9.22. The molecule has 356 valence electrons. The fourth-order valence-electron chi connectivity index (χ4n) is 6.36. The summed E-state index contributed by atoms with van der Waals surface area (Å²) in [6.07, 6.45) is 5.60. The van der Waals surface area contributed by atoms with Crippen molar-refractivity contribution in [3.63, 3.8) is 0 Å². The van der Waals surface area contributed by atoms with Crippen LogP contribution in [0.5, 0.6) is 0 Å². The first-order chi connectivity index (χ1) is 30.9. The van der Waals surface area contributed by atoms with E-state index in [2.05, 4.69) is 209 Å². The largest absolute Gasteiger partial charge is 0.726 e. The van der Waals surface area contributed by atoms with Gasteiger partial charge in [-0.15, -0.1) is 25.0 Å². The lowest BCUT2D eigenvalue weighted by atomic mass is 10.2. The molecule has 2 saturated heterocycles. The first-order valence-electron chi connectivity index (χ1n) is 21.5. The SMILES string of the molecule is C1CCNC1.CN1CCCC1.COS(=O)(=O)[O-].Cc1ccc([S+](c2ccc(C)cc2)c2ccc(C)cc2)cc1.Cc1ccc([S+](c2ccc(C)cc2)c2ccc(C)cc2)cc1.Cl.O=S(=O)=O. The van der Waals surface area contributed by atoms with Gasteiger partial charge in [-0.2, -0.15) is 0 Å². The van der Waals surface area contributed by atoms with Crippen LogP contribution in [0.15, 0.2) is 175 Å². The molecule has 1 N–H and O–H groups in total. The van der Waals surface area contributed by atoms with Crippen LogP contribution < -0.4 is 5.32 Å². The summed E-state index contributed by atoms with van der Waals surface area (Å²) in [7, 11) is -4.62. The lowest BCUT2D eigenvalue weighted by Crippen LogP contribution is -2.10. The summed E-state index contributed by atoms with van der Waals surface area (Å²) in [5, 5.41) is 3.22. The number of halogens is 1. The second-order valence-electron chi connectivity index (χ2n) is 15.7. The zero-order chi connectivity index (χ0) is 47.8. The minimum absolute atomic E-state index is 0. The Balaban J connectivity index is 0.000000314. The summed E-state index contributed by atoms with van der Waals surface area (Å²) in [5.41, 5.74) is 7.83. The Labute approximate surface area is 408 Å². The van der Waals surface area contributed by atoms with Crippen molar-refractivity contribution in [1.82, 2.24) is 10.2 Å². The van der Waals surface area contributed by atoms with Crippen LogP contribution in [-0.2, 0) is 47.0 Å². The average Bonchev–Trinajstić information content (AvgIpc) is 4.04. The standard InChI is InChI=1S/2C21H21S.C5H11N.C4H9N.CH4O4S.ClH.O3S/c2*1-16-4-10-19(11-5-16)22(20-12-6-17(2)7-13-20)21-14-8-18(3)9-15-21;1-6-4-2-3-5-6;1-2-4-5-3-1;1-5-6(2,3)4;;1-4(2)3/h2*4-15H,1-3H3;2-5H2,1H3;5H,1-4H2;1H3,(H,2,3,4);1H;/q2*+1;;;;;/p-1. The van der Waals surface area contributed by atoms with Crippen LogP contribution in [0, 0.1) is 41.5 Å². The number of likely N-dealkylation sites (tertiary alicyclic amines) is 1. The summed E-state index contributed by atoms with van der Waals surface area (Å²) in [6, 6.07) is 53.6. The highest BCUT2D eigenvalue weighted by molar-refractivity contribution is 7.97. The molecule has 0 aromatic heterocycles. The third-order valence-corrected chi connectivity index (χ3v) is 14.9. The highest BCUT2D eigenvalue weighted by Gasteiger charge is 2.29. The second-order valence-corrected chi connectivity index (χ2v) is 21.3. The van der Waals surface area contributed by atoms with E-state index in [1.54, 1.807) is 0 Å². The van der Waals surface area contributed by atoms with E-state index >= 15 is 0 Å². The van der Waals surface area contributed by atoms with Crippen molar-refractivity contribution in [2.45, 2.75) is 96.6 Å². The number of benzene rings is 6. The fourth-order valence-corrected chi connectivity index (χ4v) is 10.4. The third-order valence-electron chi connectivity index (χ3n) is 10.0. The van der Waals surface area contributed by atoms with Crippen molar-refractivity contribution in [2.24, 2.45) is 0 Å². The van der Waals surface area contributed by atoms with Gasteiger partial charge in [-0.3, -0.25) is 4.18 Å². The van der Waals surface area contributed by atoms with Crippen LogP contribution in [0.3, 0.4) is 0 Å². The molecule has 2 heterocycles. The Kier molecular flexibility index (Phi) is 27.1. The molecule has 0 unspecified atom stereocenters. The lowest BCUT2D eigenvalue weighted by molar-refractivity contribution is 0.314. The molecule has 2 aliphatic heterocycles. The van der Waals surface area contributed by atoms with Gasteiger partial charge < -0.3 is 14.8 Å². The van der Waals surface area contributed by atoms with Gasteiger partial charge in [0.2, 0.25) is 10.4 Å². The molecule has 0 radical (unpaired) electrons. The van der Waals surface area contributed by atoms with Gasteiger partial charge in [0, 0.05) is 0 Å². The van der Waals surface area contributed by atoms with Gasteiger partial charge in [0.05, 0.1) is 28.9 Å². The van der Waals surface area contributed by atoms with Gasteiger partial charge in [-0.05, 0) is 173 Å². The Morgan fingerprint density at radius 1 is 0.470 bits per heavy atom. The van der Waals surface area contributed by atoms with Crippen LogP contribution in [0.4, 0.5) is 0 Å². The predicted molar refractivity (Wildman–Crippen MR) is 274 cm³/mol. The lowest BCUT2D eigenvalue weighted by Gasteiger charge is -2.09. The first kappa shape index (κ1) is 57.8. The van der Waals surface area contributed by atoms with Crippen LogP contribution in [0.25, 0.3) is 0 Å². The summed E-state index contributed by atoms with van der Waals surface area (Å²) in [4.78, 5) is 10.6. The molecule has 66 heavy (non-hydrogen) atoms. The van der Waals surface area contributed by atoms with Gasteiger partial charge in [0.15, 0.2) is 29.4 Å². The second kappa shape index (κ2) is 30.9. The van der Waals surface area contributed by atoms with Crippen molar-refractivity contribution >= 4 is 55.2 Å². The van der Waals surface area contributed by atoms with E-state index in [1.807, 2.05) is 0 Å². The van der Waals surface area contributed by atoms with Crippen LogP contribution in [-0.4, -0.2) is 70.8 Å². The highest BCUT2D eigenvalue weighted by Crippen LogP contribution is 2.33. The Morgan fingerprint density at radius 3 is 0.758 bits per heavy atom. The average molecular weight is 995 g/mol. The summed E-state index contributed by atoms with van der Waals surface area (Å²) in [6.45, 7) is 18.0. The van der Waals surface area contributed by atoms with Crippen molar-refractivity contribution in [3.05, 3.63) is 179 Å². The van der Waals surface area contributed by atoms with E-state index in [0.29, 0.717) is 0 Å². The van der Waals surface area contributed by atoms with E-state index in [4.69, 9.17) is 12.6 Å². The van der Waals surface area contributed by atoms with Gasteiger partial charge in [-0.25, -0.2) is 8.42 Å². The van der Waals surface area contributed by atoms with Crippen molar-refractivity contribution in [2.75, 3.05) is 40.3 Å².